The van der Waals surface area contributed by atoms with Crippen LogP contribution in [0.4, 0.5) is 5.69 Å². The van der Waals surface area contributed by atoms with Gasteiger partial charge in [-0.3, -0.25) is 9.69 Å². The van der Waals surface area contributed by atoms with Crippen LogP contribution < -0.4 is 15.5 Å². The molecule has 0 aliphatic carbocycles. The highest BCUT2D eigenvalue weighted by molar-refractivity contribution is 5.94. The molecule has 1 atom stereocenters. The molecule has 148 valence electrons. The molecule has 2 heterocycles. The molecule has 0 radical (unpaired) electrons. The van der Waals surface area contributed by atoms with Crippen LogP contribution in [0.15, 0.2) is 24.3 Å². The zero-order valence-corrected chi connectivity index (χ0v) is 17.4. The second-order valence-corrected chi connectivity index (χ2v) is 7.17. The SMILES string of the molecule is CC(C)N1CCN(c2ccc(C(=O)NCC3CCCN3)cc2)CC1.Cl.Cl. The van der Waals surface area contributed by atoms with Crippen LogP contribution in [0.3, 0.4) is 0 Å². The monoisotopic (exact) mass is 402 g/mol. The van der Waals surface area contributed by atoms with Crippen LogP contribution in [-0.2, 0) is 0 Å². The van der Waals surface area contributed by atoms with Crippen molar-refractivity contribution in [2.24, 2.45) is 0 Å². The molecule has 1 unspecified atom stereocenters. The normalized spacial score (nSPS) is 20.4. The minimum absolute atomic E-state index is 0. The third kappa shape index (κ3) is 6.02. The van der Waals surface area contributed by atoms with E-state index in [1.807, 2.05) is 12.1 Å². The predicted octanol–water partition coefficient (Wildman–Crippen LogP) is 2.54. The Bertz CT molecular complexity index is 539. The Hall–Kier alpha value is -1.01. The summed E-state index contributed by atoms with van der Waals surface area (Å²) in [6.07, 6.45) is 2.36. The van der Waals surface area contributed by atoms with Crippen molar-refractivity contribution in [1.29, 1.82) is 0 Å². The summed E-state index contributed by atoms with van der Waals surface area (Å²) in [4.78, 5) is 17.2. The molecule has 3 rings (SSSR count). The van der Waals surface area contributed by atoms with E-state index in [-0.39, 0.29) is 30.7 Å². The highest BCUT2D eigenvalue weighted by Crippen LogP contribution is 2.18. The summed E-state index contributed by atoms with van der Waals surface area (Å²) in [5, 5.41) is 6.44. The number of nitrogens with zero attached hydrogens (tertiary/aromatic N) is 2. The number of carbonyl (C=O) groups is 1. The number of hydrogen-bond donors (Lipinski definition) is 2. The fraction of sp³-hybridized carbons (Fsp3) is 0.632. The first-order valence-corrected chi connectivity index (χ1v) is 9.24. The zero-order valence-electron chi connectivity index (χ0n) is 15.7. The predicted molar refractivity (Wildman–Crippen MR) is 113 cm³/mol. The van der Waals surface area contributed by atoms with E-state index in [4.69, 9.17) is 0 Å². The fourth-order valence-corrected chi connectivity index (χ4v) is 3.57. The summed E-state index contributed by atoms with van der Waals surface area (Å²) in [5.74, 6) is 0.0277. The number of rotatable bonds is 5. The Morgan fingerprint density at radius 1 is 1.15 bits per heavy atom. The smallest absolute Gasteiger partial charge is 0.251 e. The lowest BCUT2D eigenvalue weighted by Crippen LogP contribution is -2.48. The number of anilines is 1. The number of amides is 1. The van der Waals surface area contributed by atoms with Crippen LogP contribution in [0.1, 0.15) is 37.0 Å². The van der Waals surface area contributed by atoms with E-state index in [1.165, 1.54) is 12.1 Å². The third-order valence-corrected chi connectivity index (χ3v) is 5.21. The van der Waals surface area contributed by atoms with E-state index < -0.39 is 0 Å². The molecule has 0 bridgehead atoms. The third-order valence-electron chi connectivity index (χ3n) is 5.21. The Labute approximate surface area is 169 Å². The Morgan fingerprint density at radius 3 is 2.35 bits per heavy atom. The van der Waals surface area contributed by atoms with Crippen molar-refractivity contribution in [3.63, 3.8) is 0 Å². The second kappa shape index (κ2) is 11.0. The van der Waals surface area contributed by atoms with E-state index in [0.29, 0.717) is 12.1 Å². The first-order chi connectivity index (χ1) is 11.6. The highest BCUT2D eigenvalue weighted by atomic mass is 35.5. The van der Waals surface area contributed by atoms with Gasteiger partial charge in [0.15, 0.2) is 0 Å². The summed E-state index contributed by atoms with van der Waals surface area (Å²) in [6, 6.07) is 9.10. The summed E-state index contributed by atoms with van der Waals surface area (Å²) >= 11 is 0. The summed E-state index contributed by atoms with van der Waals surface area (Å²) < 4.78 is 0. The van der Waals surface area contributed by atoms with Crippen molar-refractivity contribution in [1.82, 2.24) is 15.5 Å². The molecule has 0 spiro atoms. The number of carbonyl (C=O) groups excluding carboxylic acids is 1. The van der Waals surface area contributed by atoms with Crippen molar-refractivity contribution in [3.8, 4) is 0 Å². The van der Waals surface area contributed by atoms with E-state index in [0.717, 1.165) is 51.3 Å². The first kappa shape index (κ1) is 23.0. The van der Waals surface area contributed by atoms with Gasteiger partial charge in [-0.15, -0.1) is 24.8 Å². The van der Waals surface area contributed by atoms with E-state index >= 15 is 0 Å². The molecular formula is C19H32Cl2N4O. The van der Waals surface area contributed by atoms with E-state index in [9.17, 15) is 4.79 Å². The summed E-state index contributed by atoms with van der Waals surface area (Å²) in [5.41, 5.74) is 1.96. The van der Waals surface area contributed by atoms with Crippen molar-refractivity contribution in [2.75, 3.05) is 44.2 Å². The quantitative estimate of drug-likeness (QED) is 0.794. The van der Waals surface area contributed by atoms with Crippen molar-refractivity contribution >= 4 is 36.4 Å². The van der Waals surface area contributed by atoms with E-state index in [1.54, 1.807) is 0 Å². The number of nitrogens with one attached hydrogen (secondary N) is 2. The van der Waals surface area contributed by atoms with Gasteiger partial charge in [0.25, 0.3) is 5.91 Å². The van der Waals surface area contributed by atoms with Crippen molar-refractivity contribution < 1.29 is 4.79 Å². The van der Waals surface area contributed by atoms with Crippen LogP contribution >= 0.6 is 24.8 Å². The van der Waals surface area contributed by atoms with Crippen LogP contribution in [-0.4, -0.2) is 62.2 Å². The molecular weight excluding hydrogens is 371 g/mol. The minimum atomic E-state index is 0. The minimum Gasteiger partial charge on any atom is -0.369 e. The Morgan fingerprint density at radius 2 is 1.81 bits per heavy atom. The maximum Gasteiger partial charge on any atom is 0.251 e. The largest absolute Gasteiger partial charge is 0.369 e. The van der Waals surface area contributed by atoms with Crippen LogP contribution in [0, 0.1) is 0 Å². The molecule has 5 nitrogen and oxygen atoms in total. The standard InChI is InChI=1S/C19H30N4O.2ClH/c1-15(2)22-10-12-23(13-11-22)18-7-5-16(6-8-18)19(24)21-14-17-4-3-9-20-17;;/h5-8,15,17,20H,3-4,9-14H2,1-2H3,(H,21,24);2*1H. The van der Waals surface area contributed by atoms with Gasteiger partial charge in [0.2, 0.25) is 0 Å². The summed E-state index contributed by atoms with van der Waals surface area (Å²) in [7, 11) is 0. The average Bonchev–Trinajstić information content (AvgIpc) is 3.13. The number of hydrogen-bond acceptors (Lipinski definition) is 4. The number of benzene rings is 1. The van der Waals surface area contributed by atoms with Gasteiger partial charge in [-0.25, -0.2) is 0 Å². The molecule has 2 aliphatic heterocycles. The topological polar surface area (TPSA) is 47.6 Å². The fourth-order valence-electron chi connectivity index (χ4n) is 3.57. The molecule has 1 aromatic rings. The molecule has 1 amide bonds. The number of halogens is 2. The lowest BCUT2D eigenvalue weighted by atomic mass is 10.1. The van der Waals surface area contributed by atoms with Gasteiger partial charge in [0.1, 0.15) is 0 Å². The Kier molecular flexibility index (Phi) is 9.72. The lowest BCUT2D eigenvalue weighted by molar-refractivity contribution is 0.0950. The molecule has 0 saturated carbocycles. The molecule has 2 fully saturated rings. The molecule has 2 saturated heterocycles. The maximum atomic E-state index is 12.2. The average molecular weight is 403 g/mol. The highest BCUT2D eigenvalue weighted by Gasteiger charge is 2.19. The first-order valence-electron chi connectivity index (χ1n) is 9.24. The zero-order chi connectivity index (χ0) is 16.9. The van der Waals surface area contributed by atoms with Crippen LogP contribution in [0.2, 0.25) is 0 Å². The van der Waals surface area contributed by atoms with Gasteiger partial charge in [-0.2, -0.15) is 0 Å². The van der Waals surface area contributed by atoms with Crippen molar-refractivity contribution in [2.45, 2.75) is 38.8 Å². The molecule has 26 heavy (non-hydrogen) atoms. The maximum absolute atomic E-state index is 12.2. The second-order valence-electron chi connectivity index (χ2n) is 7.17. The number of piperazine rings is 1. The van der Waals surface area contributed by atoms with Gasteiger partial charge in [0, 0.05) is 56.1 Å². The van der Waals surface area contributed by atoms with Gasteiger partial charge in [0.05, 0.1) is 0 Å². The Balaban J connectivity index is 0.00000169. The molecule has 2 aliphatic rings. The van der Waals surface area contributed by atoms with Crippen molar-refractivity contribution in [3.05, 3.63) is 29.8 Å². The lowest BCUT2D eigenvalue weighted by Gasteiger charge is -2.38. The molecule has 0 aromatic heterocycles. The van der Waals surface area contributed by atoms with Crippen LogP contribution in [0.25, 0.3) is 0 Å². The van der Waals surface area contributed by atoms with Crippen LogP contribution in [0.5, 0.6) is 0 Å². The molecule has 1 aromatic carbocycles. The molecule has 7 heteroatoms. The van der Waals surface area contributed by atoms with Gasteiger partial charge >= 0.3 is 0 Å². The van der Waals surface area contributed by atoms with E-state index in [2.05, 4.69) is 46.4 Å². The van der Waals surface area contributed by atoms with Gasteiger partial charge in [-0.1, -0.05) is 0 Å². The summed E-state index contributed by atoms with van der Waals surface area (Å²) in [6.45, 7) is 10.6. The van der Waals surface area contributed by atoms with Gasteiger partial charge < -0.3 is 15.5 Å². The molecule has 2 N–H and O–H groups in total. The van der Waals surface area contributed by atoms with Gasteiger partial charge in [-0.05, 0) is 57.5 Å².